The fourth-order valence-corrected chi connectivity index (χ4v) is 2.32. The van der Waals surface area contributed by atoms with Gasteiger partial charge in [0, 0.05) is 20.1 Å². The Morgan fingerprint density at radius 2 is 1.88 bits per heavy atom. The van der Waals surface area contributed by atoms with Crippen LogP contribution in [-0.2, 0) is 13.6 Å². The van der Waals surface area contributed by atoms with Crippen molar-refractivity contribution in [1.29, 1.82) is 0 Å². The number of benzene rings is 1. The first-order chi connectivity index (χ1) is 11.2. The topological polar surface area (TPSA) is 76.9 Å². The molecular formula is C16H21ClN6O. The third-order valence-electron chi connectivity index (χ3n) is 3.55. The molecule has 128 valence electrons. The number of aryl methyl sites for hydroxylation is 1. The van der Waals surface area contributed by atoms with Crippen LogP contribution >= 0.6 is 12.4 Å². The van der Waals surface area contributed by atoms with Crippen LogP contribution in [0.15, 0.2) is 30.5 Å². The van der Waals surface area contributed by atoms with Gasteiger partial charge in [-0.25, -0.2) is 0 Å². The second-order valence-electron chi connectivity index (χ2n) is 5.13. The highest BCUT2D eigenvalue weighted by molar-refractivity contribution is 5.87. The molecule has 0 aliphatic carbocycles. The zero-order valence-corrected chi connectivity index (χ0v) is 14.7. The van der Waals surface area contributed by atoms with Crippen molar-refractivity contribution in [2.45, 2.75) is 13.5 Å². The molecule has 0 atom stereocenters. The van der Waals surface area contributed by atoms with Crippen molar-refractivity contribution in [2.24, 2.45) is 7.05 Å². The summed E-state index contributed by atoms with van der Waals surface area (Å²) in [6.07, 6.45) is 1.78. The van der Waals surface area contributed by atoms with Crippen LogP contribution in [0.4, 0.5) is 11.8 Å². The van der Waals surface area contributed by atoms with Gasteiger partial charge < -0.3 is 15.4 Å². The van der Waals surface area contributed by atoms with Crippen LogP contribution in [-0.4, -0.2) is 33.4 Å². The number of fused-ring (bicyclic) bond motifs is 1. The lowest BCUT2D eigenvalue weighted by atomic mass is 10.2. The number of hydrogen-bond donors (Lipinski definition) is 2. The fraction of sp³-hybridized carbons (Fsp3) is 0.312. The molecule has 8 heteroatoms. The van der Waals surface area contributed by atoms with E-state index in [2.05, 4.69) is 25.7 Å². The minimum Gasteiger partial charge on any atom is -0.497 e. The number of methoxy groups -OCH3 is 1. The summed E-state index contributed by atoms with van der Waals surface area (Å²) in [5.41, 5.74) is 1.94. The molecule has 0 fully saturated rings. The molecule has 0 saturated heterocycles. The lowest BCUT2D eigenvalue weighted by Crippen LogP contribution is -2.08. The van der Waals surface area contributed by atoms with E-state index in [0.29, 0.717) is 12.5 Å². The summed E-state index contributed by atoms with van der Waals surface area (Å²) in [4.78, 5) is 9.03. The zero-order valence-electron chi connectivity index (χ0n) is 13.9. The number of ether oxygens (including phenoxy) is 1. The first-order valence-corrected chi connectivity index (χ1v) is 7.51. The van der Waals surface area contributed by atoms with Gasteiger partial charge in [-0.1, -0.05) is 12.1 Å². The maximum absolute atomic E-state index is 5.17. The minimum absolute atomic E-state index is 0. The molecule has 0 spiro atoms. The van der Waals surface area contributed by atoms with Crippen molar-refractivity contribution in [2.75, 3.05) is 24.3 Å². The van der Waals surface area contributed by atoms with Gasteiger partial charge in [-0.3, -0.25) is 4.68 Å². The highest BCUT2D eigenvalue weighted by Crippen LogP contribution is 2.22. The highest BCUT2D eigenvalue weighted by Gasteiger charge is 2.11. The van der Waals surface area contributed by atoms with Crippen LogP contribution in [0.5, 0.6) is 5.75 Å². The zero-order chi connectivity index (χ0) is 16.2. The van der Waals surface area contributed by atoms with Gasteiger partial charge in [0.15, 0.2) is 5.65 Å². The van der Waals surface area contributed by atoms with E-state index in [1.807, 2.05) is 38.2 Å². The normalized spacial score (nSPS) is 10.3. The van der Waals surface area contributed by atoms with Gasteiger partial charge in [0.25, 0.3) is 0 Å². The van der Waals surface area contributed by atoms with Crippen molar-refractivity contribution in [3.8, 4) is 5.75 Å². The van der Waals surface area contributed by atoms with Crippen molar-refractivity contribution in [3.05, 3.63) is 36.0 Å². The Kier molecular flexibility index (Phi) is 5.81. The van der Waals surface area contributed by atoms with Gasteiger partial charge in [0.2, 0.25) is 5.95 Å². The minimum atomic E-state index is 0. The summed E-state index contributed by atoms with van der Waals surface area (Å²) in [5, 5.41) is 11.7. The van der Waals surface area contributed by atoms with Crippen LogP contribution in [0.25, 0.3) is 11.0 Å². The Bertz CT molecular complexity index is 802. The van der Waals surface area contributed by atoms with Gasteiger partial charge in [0.1, 0.15) is 11.6 Å². The van der Waals surface area contributed by atoms with Crippen LogP contribution in [0.2, 0.25) is 0 Å². The summed E-state index contributed by atoms with van der Waals surface area (Å²) in [6.45, 7) is 3.44. The average molecular weight is 349 g/mol. The Balaban J connectivity index is 0.00000208. The number of halogens is 1. The Morgan fingerprint density at radius 3 is 2.54 bits per heavy atom. The molecule has 3 aromatic rings. The number of hydrogen-bond acceptors (Lipinski definition) is 6. The molecule has 0 amide bonds. The molecule has 2 N–H and O–H groups in total. The first-order valence-electron chi connectivity index (χ1n) is 7.51. The highest BCUT2D eigenvalue weighted by atomic mass is 35.5. The molecule has 0 unspecified atom stereocenters. The lowest BCUT2D eigenvalue weighted by Gasteiger charge is -2.10. The molecule has 0 aliphatic heterocycles. The SMILES string of the molecule is CCNc1nc(NCc2ccc(OC)cc2)c2cnn(C)c2n1.Cl. The number of rotatable bonds is 6. The quantitative estimate of drug-likeness (QED) is 0.713. The summed E-state index contributed by atoms with van der Waals surface area (Å²) >= 11 is 0. The predicted molar refractivity (Wildman–Crippen MR) is 98.0 cm³/mol. The van der Waals surface area contributed by atoms with Gasteiger partial charge in [0.05, 0.1) is 18.7 Å². The number of aromatic nitrogens is 4. The lowest BCUT2D eigenvalue weighted by molar-refractivity contribution is 0.414. The van der Waals surface area contributed by atoms with Gasteiger partial charge in [-0.2, -0.15) is 15.1 Å². The summed E-state index contributed by atoms with van der Waals surface area (Å²) < 4.78 is 6.92. The van der Waals surface area contributed by atoms with Crippen molar-refractivity contribution >= 4 is 35.2 Å². The Labute approximate surface area is 146 Å². The molecule has 0 aliphatic rings. The molecule has 0 saturated carbocycles. The van der Waals surface area contributed by atoms with Crippen molar-refractivity contribution in [1.82, 2.24) is 19.7 Å². The smallest absolute Gasteiger partial charge is 0.226 e. The third-order valence-corrected chi connectivity index (χ3v) is 3.55. The van der Waals surface area contributed by atoms with E-state index in [4.69, 9.17) is 4.74 Å². The molecule has 3 rings (SSSR count). The van der Waals surface area contributed by atoms with Crippen LogP contribution < -0.4 is 15.4 Å². The molecular weight excluding hydrogens is 328 g/mol. The largest absolute Gasteiger partial charge is 0.497 e. The van der Waals surface area contributed by atoms with E-state index in [9.17, 15) is 0 Å². The Morgan fingerprint density at radius 1 is 1.12 bits per heavy atom. The molecule has 24 heavy (non-hydrogen) atoms. The van der Waals surface area contributed by atoms with Crippen LogP contribution in [0.3, 0.4) is 0 Å². The molecule has 2 heterocycles. The van der Waals surface area contributed by atoms with E-state index in [1.54, 1.807) is 18.0 Å². The number of anilines is 2. The monoisotopic (exact) mass is 348 g/mol. The van der Waals surface area contributed by atoms with Gasteiger partial charge in [-0.05, 0) is 24.6 Å². The summed E-state index contributed by atoms with van der Waals surface area (Å²) in [7, 11) is 3.54. The second-order valence-corrected chi connectivity index (χ2v) is 5.13. The second kappa shape index (κ2) is 7.83. The molecule has 0 radical (unpaired) electrons. The van der Waals surface area contributed by atoms with E-state index in [0.717, 1.165) is 34.7 Å². The van der Waals surface area contributed by atoms with Crippen molar-refractivity contribution < 1.29 is 4.74 Å². The fourth-order valence-electron chi connectivity index (χ4n) is 2.32. The van der Waals surface area contributed by atoms with E-state index in [-0.39, 0.29) is 12.4 Å². The molecule has 0 bridgehead atoms. The van der Waals surface area contributed by atoms with E-state index in [1.165, 1.54) is 0 Å². The maximum atomic E-state index is 5.17. The predicted octanol–water partition coefficient (Wildman–Crippen LogP) is 2.84. The van der Waals surface area contributed by atoms with Crippen molar-refractivity contribution in [3.63, 3.8) is 0 Å². The van der Waals surface area contributed by atoms with Crippen LogP contribution in [0.1, 0.15) is 12.5 Å². The van der Waals surface area contributed by atoms with E-state index >= 15 is 0 Å². The summed E-state index contributed by atoms with van der Waals surface area (Å²) in [5.74, 6) is 2.22. The third kappa shape index (κ3) is 3.68. The van der Waals surface area contributed by atoms with Gasteiger partial charge in [-0.15, -0.1) is 12.4 Å². The summed E-state index contributed by atoms with van der Waals surface area (Å²) in [6, 6.07) is 7.94. The molecule has 7 nitrogen and oxygen atoms in total. The molecule has 2 aromatic heterocycles. The van der Waals surface area contributed by atoms with Crippen LogP contribution in [0, 0.1) is 0 Å². The molecule has 1 aromatic carbocycles. The average Bonchev–Trinajstić information content (AvgIpc) is 2.95. The first kappa shape index (κ1) is 17.8. The maximum Gasteiger partial charge on any atom is 0.226 e. The number of nitrogens with zero attached hydrogens (tertiary/aromatic N) is 4. The van der Waals surface area contributed by atoms with Gasteiger partial charge >= 0.3 is 0 Å². The van der Waals surface area contributed by atoms with E-state index < -0.39 is 0 Å². The standard InChI is InChI=1S/C16H20N6O.ClH/c1-4-17-16-20-14(13-10-19-22(2)15(13)21-16)18-9-11-5-7-12(23-3)8-6-11;/h5-8,10H,4,9H2,1-3H3,(H2,17,18,20,21);1H. The number of nitrogens with one attached hydrogen (secondary N) is 2. The Hall–Kier alpha value is -2.54.